The van der Waals surface area contributed by atoms with E-state index in [4.69, 9.17) is 10.2 Å². The maximum atomic E-state index is 8.82. The molecule has 0 amide bonds. The van der Waals surface area contributed by atoms with Gasteiger partial charge in [0.15, 0.2) is 0 Å². The van der Waals surface area contributed by atoms with Gasteiger partial charge in [-0.05, 0) is 12.0 Å². The first-order valence-electron chi connectivity index (χ1n) is 5.18. The van der Waals surface area contributed by atoms with Crippen LogP contribution in [0.5, 0.6) is 0 Å². The van der Waals surface area contributed by atoms with Gasteiger partial charge in [0, 0.05) is 32.9 Å². The van der Waals surface area contributed by atoms with Gasteiger partial charge in [-0.2, -0.15) is 5.10 Å². The Morgan fingerprint density at radius 2 is 1.93 bits per heavy atom. The summed E-state index contributed by atoms with van der Waals surface area (Å²) in [4.78, 5) is 2.03. The zero-order chi connectivity index (χ0) is 11.1. The summed E-state index contributed by atoms with van der Waals surface area (Å²) in [5.41, 5.74) is 1.18. The van der Waals surface area contributed by atoms with Crippen LogP contribution in [0.3, 0.4) is 0 Å². The van der Waals surface area contributed by atoms with Crippen molar-refractivity contribution in [3.8, 4) is 0 Å². The van der Waals surface area contributed by atoms with Crippen LogP contribution in [0.1, 0.15) is 5.56 Å². The van der Waals surface area contributed by atoms with E-state index in [0.717, 1.165) is 13.0 Å². The van der Waals surface area contributed by atoms with Gasteiger partial charge >= 0.3 is 0 Å². The number of hydrogen-bond donors (Lipinski definition) is 2. The highest BCUT2D eigenvalue weighted by Crippen LogP contribution is 1.99. The minimum Gasteiger partial charge on any atom is -0.395 e. The van der Waals surface area contributed by atoms with E-state index in [1.165, 1.54) is 5.56 Å². The fourth-order valence-corrected chi connectivity index (χ4v) is 1.51. The Bertz CT molecular complexity index is 269. The third kappa shape index (κ3) is 4.42. The van der Waals surface area contributed by atoms with Gasteiger partial charge < -0.3 is 10.2 Å². The van der Waals surface area contributed by atoms with Gasteiger partial charge in [0.2, 0.25) is 0 Å². The van der Waals surface area contributed by atoms with Crippen molar-refractivity contribution in [1.82, 2.24) is 14.7 Å². The van der Waals surface area contributed by atoms with Crippen molar-refractivity contribution in [2.45, 2.75) is 6.42 Å². The minimum atomic E-state index is 0.132. The van der Waals surface area contributed by atoms with E-state index in [9.17, 15) is 0 Å². The molecule has 5 nitrogen and oxygen atoms in total. The largest absolute Gasteiger partial charge is 0.395 e. The summed E-state index contributed by atoms with van der Waals surface area (Å²) < 4.78 is 1.78. The van der Waals surface area contributed by atoms with Crippen LogP contribution in [0, 0.1) is 0 Å². The van der Waals surface area contributed by atoms with Gasteiger partial charge in [-0.15, -0.1) is 0 Å². The molecule has 2 N–H and O–H groups in total. The van der Waals surface area contributed by atoms with E-state index < -0.39 is 0 Å². The molecule has 1 rings (SSSR count). The molecule has 0 spiro atoms. The van der Waals surface area contributed by atoms with E-state index in [0.29, 0.717) is 13.1 Å². The van der Waals surface area contributed by atoms with Crippen molar-refractivity contribution >= 4 is 0 Å². The van der Waals surface area contributed by atoms with Crippen LogP contribution in [-0.2, 0) is 13.5 Å². The van der Waals surface area contributed by atoms with Gasteiger partial charge in [0.05, 0.1) is 19.4 Å². The number of aliphatic hydroxyl groups is 2. The number of aryl methyl sites for hydroxylation is 1. The molecule has 0 aliphatic carbocycles. The number of aromatic nitrogens is 2. The van der Waals surface area contributed by atoms with Gasteiger partial charge in [0.1, 0.15) is 0 Å². The van der Waals surface area contributed by atoms with Gasteiger partial charge in [0.25, 0.3) is 0 Å². The first kappa shape index (κ1) is 12.2. The summed E-state index contributed by atoms with van der Waals surface area (Å²) in [7, 11) is 1.89. The van der Waals surface area contributed by atoms with Crippen LogP contribution in [0.2, 0.25) is 0 Å². The Kier molecular flexibility index (Phi) is 5.31. The Hall–Kier alpha value is -0.910. The molecule has 0 unspecified atom stereocenters. The predicted octanol–water partition coefficient (Wildman–Crippen LogP) is -0.751. The van der Waals surface area contributed by atoms with Crippen LogP contribution >= 0.6 is 0 Å². The van der Waals surface area contributed by atoms with Crippen molar-refractivity contribution in [3.05, 3.63) is 18.0 Å². The van der Waals surface area contributed by atoms with Crippen molar-refractivity contribution in [2.24, 2.45) is 7.05 Å². The minimum absolute atomic E-state index is 0.132. The maximum absolute atomic E-state index is 8.82. The van der Waals surface area contributed by atoms with Crippen LogP contribution in [0.15, 0.2) is 12.4 Å². The predicted molar refractivity (Wildman–Crippen MR) is 57.5 cm³/mol. The second-order valence-corrected chi connectivity index (χ2v) is 3.56. The molecule has 5 heteroatoms. The van der Waals surface area contributed by atoms with E-state index in [2.05, 4.69) is 5.10 Å². The smallest absolute Gasteiger partial charge is 0.0558 e. The summed E-state index contributed by atoms with van der Waals surface area (Å²) in [5, 5.41) is 21.7. The molecule has 86 valence electrons. The average molecular weight is 213 g/mol. The van der Waals surface area contributed by atoms with E-state index in [1.807, 2.05) is 24.3 Å². The van der Waals surface area contributed by atoms with Crippen LogP contribution in [0.4, 0.5) is 0 Å². The highest BCUT2D eigenvalue weighted by molar-refractivity contribution is 5.03. The average Bonchev–Trinajstić information content (AvgIpc) is 2.61. The molecule has 1 heterocycles. The van der Waals surface area contributed by atoms with Gasteiger partial charge in [-0.25, -0.2) is 0 Å². The SMILES string of the molecule is Cn1cc(CCN(CCO)CCO)cn1. The monoisotopic (exact) mass is 213 g/mol. The second-order valence-electron chi connectivity index (χ2n) is 3.56. The lowest BCUT2D eigenvalue weighted by Gasteiger charge is -2.19. The fourth-order valence-electron chi connectivity index (χ4n) is 1.51. The molecule has 0 saturated heterocycles. The van der Waals surface area contributed by atoms with E-state index in [-0.39, 0.29) is 13.2 Å². The molecule has 0 aliphatic rings. The third-order valence-corrected chi connectivity index (χ3v) is 2.31. The Balaban J connectivity index is 2.32. The van der Waals surface area contributed by atoms with Crippen LogP contribution in [-0.4, -0.2) is 57.7 Å². The molecule has 0 radical (unpaired) electrons. The van der Waals surface area contributed by atoms with Gasteiger partial charge in [-0.3, -0.25) is 9.58 Å². The van der Waals surface area contributed by atoms with Crippen LogP contribution in [0.25, 0.3) is 0 Å². The molecule has 1 aromatic rings. The first-order valence-corrected chi connectivity index (χ1v) is 5.18. The molecule has 0 fully saturated rings. The van der Waals surface area contributed by atoms with Crippen molar-refractivity contribution in [2.75, 3.05) is 32.8 Å². The highest BCUT2D eigenvalue weighted by atomic mass is 16.3. The van der Waals surface area contributed by atoms with E-state index in [1.54, 1.807) is 4.68 Å². The summed E-state index contributed by atoms with van der Waals surface area (Å²) in [5.74, 6) is 0. The molecule has 0 atom stereocenters. The van der Waals surface area contributed by atoms with Gasteiger partial charge in [-0.1, -0.05) is 0 Å². The zero-order valence-electron chi connectivity index (χ0n) is 9.13. The molecular formula is C10H19N3O2. The number of nitrogens with zero attached hydrogens (tertiary/aromatic N) is 3. The molecule has 0 bridgehead atoms. The Labute approximate surface area is 89.9 Å². The molecule has 1 aromatic heterocycles. The van der Waals surface area contributed by atoms with Crippen molar-refractivity contribution in [1.29, 1.82) is 0 Å². The lowest BCUT2D eigenvalue weighted by atomic mass is 10.2. The summed E-state index contributed by atoms with van der Waals surface area (Å²) in [6, 6.07) is 0. The molecule has 15 heavy (non-hydrogen) atoms. The zero-order valence-corrected chi connectivity index (χ0v) is 9.13. The maximum Gasteiger partial charge on any atom is 0.0558 e. The molecule has 0 aromatic carbocycles. The lowest BCUT2D eigenvalue weighted by Crippen LogP contribution is -2.31. The number of aliphatic hydroxyl groups excluding tert-OH is 2. The highest BCUT2D eigenvalue weighted by Gasteiger charge is 2.04. The topological polar surface area (TPSA) is 61.5 Å². The number of hydrogen-bond acceptors (Lipinski definition) is 4. The normalized spacial score (nSPS) is 11.2. The third-order valence-electron chi connectivity index (χ3n) is 2.31. The van der Waals surface area contributed by atoms with Crippen LogP contribution < -0.4 is 0 Å². The quantitative estimate of drug-likeness (QED) is 0.625. The van der Waals surface area contributed by atoms with Crippen molar-refractivity contribution in [3.63, 3.8) is 0 Å². The Morgan fingerprint density at radius 1 is 1.27 bits per heavy atom. The number of rotatable bonds is 7. The second kappa shape index (κ2) is 6.55. The first-order chi connectivity index (χ1) is 7.26. The summed E-state index contributed by atoms with van der Waals surface area (Å²) in [6.07, 6.45) is 4.72. The summed E-state index contributed by atoms with van der Waals surface area (Å²) >= 11 is 0. The summed E-state index contributed by atoms with van der Waals surface area (Å²) in [6.45, 7) is 2.33. The van der Waals surface area contributed by atoms with Crippen molar-refractivity contribution < 1.29 is 10.2 Å². The molecule has 0 aliphatic heterocycles. The fraction of sp³-hybridized carbons (Fsp3) is 0.700. The van der Waals surface area contributed by atoms with E-state index >= 15 is 0 Å². The molecule has 0 saturated carbocycles. The lowest BCUT2D eigenvalue weighted by molar-refractivity contribution is 0.162. The molecular weight excluding hydrogens is 194 g/mol. The standard InChI is InChI=1S/C10H19N3O2/c1-12-9-10(8-11-12)2-3-13(4-6-14)5-7-15/h8-9,14-15H,2-7H2,1H3. The Morgan fingerprint density at radius 3 is 2.40 bits per heavy atom.